The maximum atomic E-state index is 13.2. The van der Waals surface area contributed by atoms with Crippen LogP contribution in [0.1, 0.15) is 39.7 Å². The van der Waals surface area contributed by atoms with Crippen molar-refractivity contribution in [3.63, 3.8) is 0 Å². The normalized spacial score (nSPS) is 15.3. The molecule has 5 nitrogen and oxygen atoms in total. The summed E-state index contributed by atoms with van der Waals surface area (Å²) >= 11 is 2.72. The second-order valence-corrected chi connectivity index (χ2v) is 9.08. The topological polar surface area (TPSA) is 62.3 Å². The first kappa shape index (κ1) is 21.5. The van der Waals surface area contributed by atoms with E-state index in [1.54, 1.807) is 4.90 Å². The molecular weight excluding hydrogens is 447 g/mol. The molecule has 1 aliphatic heterocycles. The number of benzene rings is 1. The molecule has 0 spiro atoms. The van der Waals surface area contributed by atoms with Crippen LogP contribution >= 0.6 is 22.7 Å². The standard InChI is InChI=1S/C21H18F3N3O2S2/c22-21(23,24)14-5-1-4-13(10-14)15(12-27-8-2-7-18(27)28)26-19(29)17-11-25-20(31-17)16-6-3-9-30-16/h1,3-6,9-11,15H,2,7-8,12H2,(H,26,29). The number of alkyl halides is 3. The van der Waals surface area contributed by atoms with Crippen molar-refractivity contribution < 1.29 is 22.8 Å². The molecule has 1 aliphatic rings. The van der Waals surface area contributed by atoms with Crippen molar-refractivity contribution in [1.82, 2.24) is 15.2 Å². The number of rotatable bonds is 6. The first-order valence-electron chi connectivity index (χ1n) is 9.57. The monoisotopic (exact) mass is 465 g/mol. The van der Waals surface area contributed by atoms with Gasteiger partial charge in [-0.3, -0.25) is 9.59 Å². The number of hydrogen-bond acceptors (Lipinski definition) is 5. The van der Waals surface area contributed by atoms with E-state index >= 15 is 0 Å². The Bertz CT molecular complexity index is 1080. The Morgan fingerprint density at radius 3 is 2.77 bits per heavy atom. The molecule has 1 unspecified atom stereocenters. The summed E-state index contributed by atoms with van der Waals surface area (Å²) in [4.78, 5) is 32.1. The number of carbonyl (C=O) groups is 2. The fourth-order valence-corrected chi connectivity index (χ4v) is 5.03. The van der Waals surface area contributed by atoms with Gasteiger partial charge in [0.25, 0.3) is 5.91 Å². The van der Waals surface area contributed by atoms with Gasteiger partial charge in [-0.1, -0.05) is 18.2 Å². The van der Waals surface area contributed by atoms with Gasteiger partial charge < -0.3 is 10.2 Å². The molecule has 0 saturated carbocycles. The molecule has 162 valence electrons. The van der Waals surface area contributed by atoms with Crippen LogP contribution in [-0.2, 0) is 11.0 Å². The molecule has 0 bridgehead atoms. The smallest absolute Gasteiger partial charge is 0.343 e. The number of halogens is 3. The van der Waals surface area contributed by atoms with Crippen LogP contribution < -0.4 is 5.32 Å². The van der Waals surface area contributed by atoms with Crippen LogP contribution in [0.2, 0.25) is 0 Å². The molecule has 31 heavy (non-hydrogen) atoms. The summed E-state index contributed by atoms with van der Waals surface area (Å²) in [6, 6.07) is 7.86. The SMILES string of the molecule is O=C(NC(CN1CCCC1=O)c1cccc(C(F)(F)F)c1)c1cnc(-c2cccs2)s1. The van der Waals surface area contributed by atoms with Gasteiger partial charge in [-0.25, -0.2) is 4.98 Å². The minimum atomic E-state index is -4.50. The molecule has 2 aromatic heterocycles. The van der Waals surface area contributed by atoms with E-state index in [1.807, 2.05) is 17.5 Å². The summed E-state index contributed by atoms with van der Waals surface area (Å²) in [5.74, 6) is -0.502. The Labute approximate surface area is 184 Å². The van der Waals surface area contributed by atoms with Crippen molar-refractivity contribution in [2.45, 2.75) is 25.1 Å². The maximum Gasteiger partial charge on any atom is 0.416 e. The van der Waals surface area contributed by atoms with Gasteiger partial charge in [0, 0.05) is 19.5 Å². The minimum Gasteiger partial charge on any atom is -0.343 e. The fraction of sp³-hybridized carbons (Fsp3) is 0.286. The van der Waals surface area contributed by atoms with Crippen molar-refractivity contribution in [2.24, 2.45) is 0 Å². The van der Waals surface area contributed by atoms with Gasteiger partial charge in [-0.15, -0.1) is 22.7 Å². The van der Waals surface area contributed by atoms with Crippen LogP contribution in [-0.4, -0.2) is 34.8 Å². The number of hydrogen-bond donors (Lipinski definition) is 1. The van der Waals surface area contributed by atoms with Crippen molar-refractivity contribution in [3.05, 3.63) is 64.0 Å². The van der Waals surface area contributed by atoms with E-state index < -0.39 is 23.7 Å². The van der Waals surface area contributed by atoms with Crippen LogP contribution in [0.3, 0.4) is 0 Å². The molecule has 4 rings (SSSR count). The molecule has 1 N–H and O–H groups in total. The molecule has 1 aromatic carbocycles. The van der Waals surface area contributed by atoms with Crippen molar-refractivity contribution in [2.75, 3.05) is 13.1 Å². The number of likely N-dealkylation sites (tertiary alicyclic amines) is 1. The molecule has 0 aliphatic carbocycles. The molecule has 1 atom stereocenters. The zero-order valence-electron chi connectivity index (χ0n) is 16.2. The highest BCUT2D eigenvalue weighted by molar-refractivity contribution is 7.22. The van der Waals surface area contributed by atoms with Crippen molar-refractivity contribution in [1.29, 1.82) is 0 Å². The Hall–Kier alpha value is -2.72. The molecular formula is C21H18F3N3O2S2. The van der Waals surface area contributed by atoms with E-state index in [4.69, 9.17) is 0 Å². The van der Waals surface area contributed by atoms with Gasteiger partial charge in [-0.05, 0) is 35.6 Å². The highest BCUT2D eigenvalue weighted by atomic mass is 32.1. The number of nitrogens with one attached hydrogen (secondary N) is 1. The zero-order valence-corrected chi connectivity index (χ0v) is 17.8. The van der Waals surface area contributed by atoms with Gasteiger partial charge >= 0.3 is 6.18 Å². The average molecular weight is 466 g/mol. The fourth-order valence-electron chi connectivity index (χ4n) is 3.41. The third kappa shape index (κ3) is 4.96. The predicted molar refractivity (Wildman–Crippen MR) is 113 cm³/mol. The highest BCUT2D eigenvalue weighted by Crippen LogP contribution is 2.32. The van der Waals surface area contributed by atoms with Crippen molar-refractivity contribution >= 4 is 34.5 Å². The summed E-state index contributed by atoms with van der Waals surface area (Å²) < 4.78 is 39.6. The Kier molecular flexibility index (Phi) is 6.10. The number of thiophene rings is 1. The first-order valence-corrected chi connectivity index (χ1v) is 11.3. The number of thiazole rings is 1. The van der Waals surface area contributed by atoms with Crippen LogP contribution in [0.25, 0.3) is 9.88 Å². The Morgan fingerprint density at radius 1 is 1.26 bits per heavy atom. The van der Waals surface area contributed by atoms with Gasteiger partial charge in [0.05, 0.1) is 22.7 Å². The lowest BCUT2D eigenvalue weighted by Crippen LogP contribution is -2.38. The van der Waals surface area contributed by atoms with Gasteiger partial charge in [0.15, 0.2) is 0 Å². The Balaban J connectivity index is 1.58. The molecule has 1 fully saturated rings. The van der Waals surface area contributed by atoms with Crippen LogP contribution in [0, 0.1) is 0 Å². The largest absolute Gasteiger partial charge is 0.416 e. The Morgan fingerprint density at radius 2 is 2.10 bits per heavy atom. The van der Waals surface area contributed by atoms with Gasteiger partial charge in [0.1, 0.15) is 9.88 Å². The average Bonchev–Trinajstić information content (AvgIpc) is 3.49. The summed E-state index contributed by atoms with van der Waals surface area (Å²) in [6.07, 6.45) is -1.94. The third-order valence-electron chi connectivity index (χ3n) is 4.96. The number of nitrogens with zero attached hydrogens (tertiary/aromatic N) is 2. The molecule has 3 heterocycles. The second-order valence-electron chi connectivity index (χ2n) is 7.10. The molecule has 10 heteroatoms. The number of carbonyl (C=O) groups excluding carboxylic acids is 2. The summed E-state index contributed by atoms with van der Waals surface area (Å²) in [5, 5.41) is 5.42. The summed E-state index contributed by atoms with van der Waals surface area (Å²) in [6.45, 7) is 0.635. The highest BCUT2D eigenvalue weighted by Gasteiger charge is 2.32. The lowest BCUT2D eigenvalue weighted by atomic mass is 10.0. The number of amides is 2. The maximum absolute atomic E-state index is 13.2. The third-order valence-corrected chi connectivity index (χ3v) is 6.99. The summed E-state index contributed by atoms with van der Waals surface area (Å²) in [7, 11) is 0. The summed E-state index contributed by atoms with van der Waals surface area (Å²) in [5.41, 5.74) is -0.499. The molecule has 3 aromatic rings. The lowest BCUT2D eigenvalue weighted by Gasteiger charge is -2.25. The lowest BCUT2D eigenvalue weighted by molar-refractivity contribution is -0.137. The predicted octanol–water partition coefficient (Wildman–Crippen LogP) is 4.98. The van der Waals surface area contributed by atoms with E-state index in [0.717, 1.165) is 17.0 Å². The van der Waals surface area contributed by atoms with E-state index in [1.165, 1.54) is 41.0 Å². The zero-order chi connectivity index (χ0) is 22.0. The molecule has 2 amide bonds. The van der Waals surface area contributed by atoms with Crippen LogP contribution in [0.15, 0.2) is 48.0 Å². The molecule has 0 radical (unpaired) electrons. The first-order chi connectivity index (χ1) is 14.8. The van der Waals surface area contributed by atoms with E-state index in [-0.39, 0.29) is 12.5 Å². The van der Waals surface area contributed by atoms with E-state index in [2.05, 4.69) is 10.3 Å². The second kappa shape index (κ2) is 8.80. The number of aromatic nitrogens is 1. The van der Waals surface area contributed by atoms with Gasteiger partial charge in [-0.2, -0.15) is 13.2 Å². The van der Waals surface area contributed by atoms with E-state index in [9.17, 15) is 22.8 Å². The quantitative estimate of drug-likeness (QED) is 0.558. The van der Waals surface area contributed by atoms with Crippen LogP contribution in [0.4, 0.5) is 13.2 Å². The van der Waals surface area contributed by atoms with Gasteiger partial charge in [0.2, 0.25) is 5.91 Å². The minimum absolute atomic E-state index is 0.0657. The van der Waals surface area contributed by atoms with Crippen molar-refractivity contribution in [3.8, 4) is 9.88 Å². The molecule has 1 saturated heterocycles. The van der Waals surface area contributed by atoms with E-state index in [0.29, 0.717) is 34.8 Å². The van der Waals surface area contributed by atoms with Crippen LogP contribution in [0.5, 0.6) is 0 Å².